The van der Waals surface area contributed by atoms with Crippen LogP contribution in [-0.2, 0) is 23.0 Å². The number of benzene rings is 1. The van der Waals surface area contributed by atoms with E-state index >= 15 is 0 Å². The summed E-state index contributed by atoms with van der Waals surface area (Å²) >= 11 is 0. The van der Waals surface area contributed by atoms with Gasteiger partial charge in [0.05, 0.1) is 17.1 Å². The zero-order valence-corrected chi connectivity index (χ0v) is 14.6. The molecule has 1 aromatic heterocycles. The van der Waals surface area contributed by atoms with Crippen LogP contribution >= 0.6 is 0 Å². The second-order valence-electron chi connectivity index (χ2n) is 6.80. The van der Waals surface area contributed by atoms with Crippen molar-refractivity contribution < 1.29 is 8.42 Å². The summed E-state index contributed by atoms with van der Waals surface area (Å²) in [7, 11) is -3.28. The third kappa shape index (κ3) is 2.95. The third-order valence-corrected chi connectivity index (χ3v) is 7.02. The molecule has 1 aliphatic carbocycles. The molecule has 24 heavy (non-hydrogen) atoms. The summed E-state index contributed by atoms with van der Waals surface area (Å²) in [5.41, 5.74) is 2.84. The predicted octanol–water partition coefficient (Wildman–Crippen LogP) is 3.57. The minimum absolute atomic E-state index is 0.246. The molecule has 1 aromatic carbocycles. The van der Waals surface area contributed by atoms with Gasteiger partial charge in [0.25, 0.3) is 0 Å². The number of imidazole rings is 1. The van der Waals surface area contributed by atoms with Gasteiger partial charge in [0, 0.05) is 18.7 Å². The lowest BCUT2D eigenvalue weighted by Crippen LogP contribution is -2.29. The van der Waals surface area contributed by atoms with Crippen LogP contribution in [0.25, 0.3) is 11.3 Å². The van der Waals surface area contributed by atoms with E-state index in [1.54, 1.807) is 0 Å². The molecule has 0 saturated heterocycles. The van der Waals surface area contributed by atoms with Crippen molar-refractivity contribution in [2.24, 2.45) is 0 Å². The van der Waals surface area contributed by atoms with Gasteiger partial charge in [-0.1, -0.05) is 31.4 Å². The Morgan fingerprint density at radius 3 is 2.54 bits per heavy atom. The summed E-state index contributed by atoms with van der Waals surface area (Å²) in [6.45, 7) is 1.01. The summed E-state index contributed by atoms with van der Waals surface area (Å²) in [6.07, 6.45) is 8.82. The highest BCUT2D eigenvalue weighted by molar-refractivity contribution is 7.93. The lowest BCUT2D eigenvalue weighted by atomic mass is 10.0. The van der Waals surface area contributed by atoms with E-state index in [1.165, 1.54) is 0 Å². The molecular formula is C18H23N3O2S. The Kier molecular flexibility index (Phi) is 4.08. The summed E-state index contributed by atoms with van der Waals surface area (Å²) in [6, 6.07) is 7.65. The standard InChI is InChI=1S/C18H23N3O2S/c22-24(23,16-5-2-1-3-6-16)20-15-10-8-14(9-11-15)17-13-19-18-7-4-12-21(17)18/h8-11,13,16,20H,1-7,12H2. The van der Waals surface area contributed by atoms with Crippen LogP contribution in [0.1, 0.15) is 44.3 Å². The molecule has 6 heteroatoms. The molecule has 0 bridgehead atoms. The monoisotopic (exact) mass is 345 g/mol. The van der Waals surface area contributed by atoms with Gasteiger partial charge in [0.1, 0.15) is 5.82 Å². The number of fused-ring (bicyclic) bond motifs is 1. The molecule has 0 spiro atoms. The summed E-state index contributed by atoms with van der Waals surface area (Å²) in [5, 5.41) is -0.246. The van der Waals surface area contributed by atoms with E-state index in [1.807, 2.05) is 30.5 Å². The Morgan fingerprint density at radius 2 is 1.79 bits per heavy atom. The van der Waals surface area contributed by atoms with Gasteiger partial charge in [-0.25, -0.2) is 13.4 Å². The quantitative estimate of drug-likeness (QED) is 0.921. The zero-order valence-electron chi connectivity index (χ0n) is 13.7. The van der Waals surface area contributed by atoms with Gasteiger partial charge in [-0.3, -0.25) is 4.72 Å². The third-order valence-electron chi connectivity index (χ3n) is 5.15. The smallest absolute Gasteiger partial charge is 0.235 e. The van der Waals surface area contributed by atoms with Crippen molar-refractivity contribution in [1.29, 1.82) is 0 Å². The first-order valence-electron chi connectivity index (χ1n) is 8.80. The summed E-state index contributed by atoms with van der Waals surface area (Å²) in [4.78, 5) is 4.47. The Bertz CT molecular complexity index is 818. The fourth-order valence-electron chi connectivity index (χ4n) is 3.82. The molecule has 1 N–H and O–H groups in total. The first-order valence-corrected chi connectivity index (χ1v) is 10.3. The predicted molar refractivity (Wildman–Crippen MR) is 95.4 cm³/mol. The topological polar surface area (TPSA) is 64.0 Å². The normalized spacial score (nSPS) is 18.5. The fraction of sp³-hybridized carbons (Fsp3) is 0.500. The van der Waals surface area contributed by atoms with E-state index in [-0.39, 0.29) is 5.25 Å². The molecule has 2 heterocycles. The van der Waals surface area contributed by atoms with Crippen LogP contribution in [-0.4, -0.2) is 23.2 Å². The van der Waals surface area contributed by atoms with Crippen molar-refractivity contribution in [2.75, 3.05) is 4.72 Å². The second kappa shape index (κ2) is 6.24. The van der Waals surface area contributed by atoms with Crippen LogP contribution < -0.4 is 4.72 Å². The molecule has 1 fully saturated rings. The molecule has 0 amide bonds. The van der Waals surface area contributed by atoms with Gasteiger partial charge in [-0.15, -0.1) is 0 Å². The van der Waals surface area contributed by atoms with Crippen molar-refractivity contribution in [3.63, 3.8) is 0 Å². The number of aromatic nitrogens is 2. The van der Waals surface area contributed by atoms with E-state index < -0.39 is 10.0 Å². The van der Waals surface area contributed by atoms with Crippen molar-refractivity contribution in [3.8, 4) is 11.3 Å². The number of nitrogens with zero attached hydrogens (tertiary/aromatic N) is 2. The number of sulfonamides is 1. The van der Waals surface area contributed by atoms with Crippen LogP contribution in [0.2, 0.25) is 0 Å². The Balaban J connectivity index is 1.51. The first kappa shape index (κ1) is 15.7. The molecule has 1 aliphatic heterocycles. The maximum atomic E-state index is 12.5. The fourth-order valence-corrected chi connectivity index (χ4v) is 5.41. The van der Waals surface area contributed by atoms with E-state index in [0.717, 1.165) is 68.6 Å². The lowest BCUT2D eigenvalue weighted by molar-refractivity contribution is 0.486. The van der Waals surface area contributed by atoms with Crippen molar-refractivity contribution in [2.45, 2.75) is 56.7 Å². The van der Waals surface area contributed by atoms with Crippen molar-refractivity contribution >= 4 is 15.7 Å². The molecule has 0 unspecified atom stereocenters. The largest absolute Gasteiger partial charge is 0.328 e. The van der Waals surface area contributed by atoms with E-state index in [9.17, 15) is 8.42 Å². The Morgan fingerprint density at radius 1 is 1.04 bits per heavy atom. The SMILES string of the molecule is O=S(=O)(Nc1ccc(-c2cnc3n2CCC3)cc1)C1CCCCC1. The zero-order chi connectivity index (χ0) is 16.6. The Labute approximate surface area is 143 Å². The molecule has 0 radical (unpaired) electrons. The van der Waals surface area contributed by atoms with E-state index in [2.05, 4.69) is 14.3 Å². The van der Waals surface area contributed by atoms with Gasteiger partial charge in [-0.05, 0) is 37.0 Å². The molecule has 0 atom stereocenters. The van der Waals surface area contributed by atoms with Gasteiger partial charge < -0.3 is 4.57 Å². The number of aryl methyl sites for hydroxylation is 1. The minimum atomic E-state index is -3.28. The molecule has 4 rings (SSSR count). The highest BCUT2D eigenvalue weighted by Crippen LogP contribution is 2.28. The number of anilines is 1. The molecule has 2 aromatic rings. The van der Waals surface area contributed by atoms with Gasteiger partial charge in [0.15, 0.2) is 0 Å². The highest BCUT2D eigenvalue weighted by Gasteiger charge is 2.27. The van der Waals surface area contributed by atoms with Crippen LogP contribution in [0.15, 0.2) is 30.5 Å². The lowest BCUT2D eigenvalue weighted by Gasteiger charge is -2.22. The van der Waals surface area contributed by atoms with E-state index in [0.29, 0.717) is 5.69 Å². The van der Waals surface area contributed by atoms with Crippen LogP contribution in [0.4, 0.5) is 5.69 Å². The molecule has 128 valence electrons. The van der Waals surface area contributed by atoms with Gasteiger partial charge in [0.2, 0.25) is 10.0 Å². The van der Waals surface area contributed by atoms with Crippen LogP contribution in [0.5, 0.6) is 0 Å². The second-order valence-corrected chi connectivity index (χ2v) is 8.76. The maximum absolute atomic E-state index is 12.5. The first-order chi connectivity index (χ1) is 11.6. The maximum Gasteiger partial charge on any atom is 0.235 e. The number of hydrogen-bond donors (Lipinski definition) is 1. The average Bonchev–Trinajstić information content (AvgIpc) is 3.20. The van der Waals surface area contributed by atoms with E-state index in [4.69, 9.17) is 0 Å². The molecule has 1 saturated carbocycles. The average molecular weight is 345 g/mol. The number of hydrogen-bond acceptors (Lipinski definition) is 3. The number of rotatable bonds is 4. The summed E-state index contributed by atoms with van der Waals surface area (Å²) < 4.78 is 30.0. The van der Waals surface area contributed by atoms with Crippen LogP contribution in [0, 0.1) is 0 Å². The van der Waals surface area contributed by atoms with Crippen molar-refractivity contribution in [3.05, 3.63) is 36.3 Å². The highest BCUT2D eigenvalue weighted by atomic mass is 32.2. The number of nitrogens with one attached hydrogen (secondary N) is 1. The van der Waals surface area contributed by atoms with Crippen LogP contribution in [0.3, 0.4) is 0 Å². The van der Waals surface area contributed by atoms with Gasteiger partial charge >= 0.3 is 0 Å². The molecule has 5 nitrogen and oxygen atoms in total. The molecular weight excluding hydrogens is 322 g/mol. The van der Waals surface area contributed by atoms with Crippen molar-refractivity contribution in [1.82, 2.24) is 9.55 Å². The van der Waals surface area contributed by atoms with Gasteiger partial charge in [-0.2, -0.15) is 0 Å². The molecule has 2 aliphatic rings. The summed E-state index contributed by atoms with van der Waals surface area (Å²) in [5.74, 6) is 1.15. The minimum Gasteiger partial charge on any atom is -0.328 e. The Hall–Kier alpha value is -1.82.